The summed E-state index contributed by atoms with van der Waals surface area (Å²) in [5.41, 5.74) is 2.59. The van der Waals surface area contributed by atoms with Crippen LogP contribution < -0.4 is 10.2 Å². The third-order valence-corrected chi connectivity index (χ3v) is 7.76. The van der Waals surface area contributed by atoms with Gasteiger partial charge in [-0.3, -0.25) is 10.0 Å². The van der Waals surface area contributed by atoms with Gasteiger partial charge < -0.3 is 9.84 Å². The lowest BCUT2D eigenvalue weighted by Crippen LogP contribution is -2.62. The summed E-state index contributed by atoms with van der Waals surface area (Å²) >= 11 is 6.03. The molecule has 1 aliphatic heterocycles. The summed E-state index contributed by atoms with van der Waals surface area (Å²) in [7, 11) is -4.14. The highest BCUT2D eigenvalue weighted by atomic mass is 35.5. The molecule has 8 nitrogen and oxygen atoms in total. The number of hydroxylamine groups is 1. The first-order chi connectivity index (χ1) is 15.0. The van der Waals surface area contributed by atoms with Gasteiger partial charge in [-0.2, -0.15) is 4.31 Å². The first-order valence-electron chi connectivity index (χ1n) is 10.1. The second-order valence-corrected chi connectivity index (χ2v) is 11.0. The predicted octanol–water partition coefficient (Wildman–Crippen LogP) is 2.88. The van der Waals surface area contributed by atoms with Crippen LogP contribution in [-0.2, 0) is 21.4 Å². The molecule has 1 amide bonds. The molecule has 0 aliphatic carbocycles. The van der Waals surface area contributed by atoms with Crippen LogP contribution in [0, 0.1) is 12.3 Å². The predicted molar refractivity (Wildman–Crippen MR) is 119 cm³/mol. The first kappa shape index (κ1) is 24.5. The molecule has 1 saturated heterocycles. The molecule has 10 heteroatoms. The largest absolute Gasteiger partial charge is 0.489 e. The molecule has 0 spiro atoms. The number of sulfonamides is 1. The second kappa shape index (κ2) is 9.36. The van der Waals surface area contributed by atoms with E-state index in [4.69, 9.17) is 21.5 Å². The van der Waals surface area contributed by atoms with Crippen LogP contribution in [0.4, 0.5) is 0 Å². The number of β-amino-alcohol motifs (C(OH)–C–C–N with tert-alkyl or cyclic N) is 1. The van der Waals surface area contributed by atoms with E-state index in [2.05, 4.69) is 0 Å². The van der Waals surface area contributed by atoms with Crippen molar-refractivity contribution in [3.05, 3.63) is 58.6 Å². The number of nitrogens with one attached hydrogen (secondary N) is 1. The molecule has 2 aromatic rings. The lowest BCUT2D eigenvalue weighted by molar-refractivity contribution is -0.140. The molecular weight excluding hydrogens is 456 g/mol. The van der Waals surface area contributed by atoms with Crippen molar-refractivity contribution in [1.82, 2.24) is 9.79 Å². The van der Waals surface area contributed by atoms with Crippen molar-refractivity contribution in [2.24, 2.45) is 5.41 Å². The van der Waals surface area contributed by atoms with Gasteiger partial charge in [0.15, 0.2) is 0 Å². The van der Waals surface area contributed by atoms with Crippen LogP contribution in [-0.4, -0.2) is 47.6 Å². The number of ether oxygens (including phenoxy) is 1. The summed E-state index contributed by atoms with van der Waals surface area (Å²) in [6, 6.07) is 10.1. The van der Waals surface area contributed by atoms with E-state index in [-0.39, 0.29) is 24.5 Å². The minimum absolute atomic E-state index is 0.0515. The third kappa shape index (κ3) is 5.07. The lowest BCUT2D eigenvalue weighted by Gasteiger charge is -2.45. The molecule has 0 bridgehead atoms. The molecule has 0 saturated carbocycles. The third-order valence-electron chi connectivity index (χ3n) is 5.68. The molecular formula is C22H27ClN2O6S. The topological polar surface area (TPSA) is 116 Å². The van der Waals surface area contributed by atoms with Crippen molar-refractivity contribution in [2.45, 2.75) is 50.8 Å². The van der Waals surface area contributed by atoms with Gasteiger partial charge >= 0.3 is 0 Å². The van der Waals surface area contributed by atoms with Gasteiger partial charge in [-0.25, -0.2) is 13.9 Å². The standard InChI is InChI=1S/C22H27ClN2O6S/c1-14-4-5-16(23)10-15(14)13-31-18-6-8-19(9-7-18)32(29,30)25-12-17(26)11-22(2,3)20(25)21(27)24-28/h4-10,17,20,26,28H,11-13H2,1-3H3,(H,24,27). The van der Waals surface area contributed by atoms with Crippen molar-refractivity contribution in [3.8, 4) is 5.75 Å². The molecule has 1 fully saturated rings. The van der Waals surface area contributed by atoms with Crippen LogP contribution in [0.25, 0.3) is 0 Å². The minimum atomic E-state index is -4.14. The molecule has 1 heterocycles. The number of carbonyl (C=O) groups is 1. The van der Waals surface area contributed by atoms with Gasteiger partial charge in [0.05, 0.1) is 11.0 Å². The Hall–Kier alpha value is -2.17. The number of aliphatic hydroxyl groups excluding tert-OH is 1. The fourth-order valence-electron chi connectivity index (χ4n) is 4.07. The average Bonchev–Trinajstić information content (AvgIpc) is 2.73. The summed E-state index contributed by atoms with van der Waals surface area (Å²) in [5, 5.41) is 20.0. The number of hydrogen-bond donors (Lipinski definition) is 3. The van der Waals surface area contributed by atoms with Crippen molar-refractivity contribution in [3.63, 3.8) is 0 Å². The number of nitrogens with zero attached hydrogens (tertiary/aromatic N) is 1. The molecule has 1 aliphatic rings. The number of piperidine rings is 1. The molecule has 174 valence electrons. The average molecular weight is 483 g/mol. The molecule has 2 atom stereocenters. The van der Waals surface area contributed by atoms with Crippen LogP contribution >= 0.6 is 11.6 Å². The molecule has 0 radical (unpaired) electrons. The number of aliphatic hydroxyl groups is 1. The highest BCUT2D eigenvalue weighted by molar-refractivity contribution is 7.89. The monoisotopic (exact) mass is 482 g/mol. The Kier molecular flexibility index (Phi) is 7.16. The van der Waals surface area contributed by atoms with Gasteiger partial charge in [0.2, 0.25) is 10.0 Å². The maximum atomic E-state index is 13.3. The van der Waals surface area contributed by atoms with E-state index in [9.17, 15) is 18.3 Å². The number of amides is 1. The van der Waals surface area contributed by atoms with Gasteiger partial charge in [-0.05, 0) is 66.3 Å². The maximum absolute atomic E-state index is 13.3. The van der Waals surface area contributed by atoms with Crippen LogP contribution in [0.2, 0.25) is 5.02 Å². The number of carbonyl (C=O) groups excluding carboxylic acids is 1. The normalized spacial score (nSPS) is 21.2. The van der Waals surface area contributed by atoms with Crippen LogP contribution in [0.3, 0.4) is 0 Å². The Balaban J connectivity index is 1.83. The molecule has 2 unspecified atom stereocenters. The molecule has 3 rings (SSSR count). The van der Waals surface area contributed by atoms with E-state index in [1.165, 1.54) is 24.3 Å². The van der Waals surface area contributed by atoms with Crippen molar-refractivity contribution < 1.29 is 28.3 Å². The number of halogens is 1. The second-order valence-electron chi connectivity index (χ2n) is 8.63. The van der Waals surface area contributed by atoms with E-state index in [0.717, 1.165) is 15.4 Å². The van der Waals surface area contributed by atoms with Gasteiger partial charge in [0.1, 0.15) is 18.4 Å². The Bertz CT molecular complexity index is 1090. The number of benzene rings is 2. The van der Waals surface area contributed by atoms with Gasteiger partial charge in [-0.15, -0.1) is 0 Å². The van der Waals surface area contributed by atoms with Gasteiger partial charge in [0.25, 0.3) is 5.91 Å². The Morgan fingerprint density at radius 3 is 2.53 bits per heavy atom. The van der Waals surface area contributed by atoms with E-state index in [1.807, 2.05) is 19.1 Å². The van der Waals surface area contributed by atoms with Gasteiger partial charge in [-0.1, -0.05) is 31.5 Å². The SMILES string of the molecule is Cc1ccc(Cl)cc1COc1ccc(S(=O)(=O)N2CC(O)CC(C)(C)C2C(=O)NO)cc1. The minimum Gasteiger partial charge on any atom is -0.489 e. The number of hydrogen-bond acceptors (Lipinski definition) is 6. The summed E-state index contributed by atoms with van der Waals surface area (Å²) in [4.78, 5) is 12.3. The molecule has 0 aromatic heterocycles. The lowest BCUT2D eigenvalue weighted by atomic mass is 9.76. The Labute approximate surface area is 192 Å². The number of aryl methyl sites for hydroxylation is 1. The fourth-order valence-corrected chi connectivity index (χ4v) is 6.04. The maximum Gasteiger partial charge on any atom is 0.262 e. The summed E-state index contributed by atoms with van der Waals surface area (Å²) in [6.45, 7) is 5.30. The smallest absolute Gasteiger partial charge is 0.262 e. The van der Waals surface area contributed by atoms with Crippen LogP contribution in [0.15, 0.2) is 47.4 Å². The molecule has 2 aromatic carbocycles. The summed E-state index contributed by atoms with van der Waals surface area (Å²) < 4.78 is 33.3. The Morgan fingerprint density at radius 2 is 1.91 bits per heavy atom. The summed E-state index contributed by atoms with van der Waals surface area (Å²) in [6.07, 6.45) is -0.724. The summed E-state index contributed by atoms with van der Waals surface area (Å²) in [5.74, 6) is -0.380. The zero-order valence-corrected chi connectivity index (χ0v) is 19.7. The molecule has 3 N–H and O–H groups in total. The zero-order chi connectivity index (χ0) is 23.7. The quantitative estimate of drug-likeness (QED) is 0.430. The van der Waals surface area contributed by atoms with E-state index in [1.54, 1.807) is 25.4 Å². The number of rotatable bonds is 6. The van der Waals surface area contributed by atoms with Crippen LogP contribution in [0.1, 0.15) is 31.4 Å². The zero-order valence-electron chi connectivity index (χ0n) is 18.1. The van der Waals surface area contributed by atoms with Crippen molar-refractivity contribution in [2.75, 3.05) is 6.54 Å². The fraction of sp³-hybridized carbons (Fsp3) is 0.409. The molecule has 32 heavy (non-hydrogen) atoms. The highest BCUT2D eigenvalue weighted by Crippen LogP contribution is 2.38. The van der Waals surface area contributed by atoms with E-state index in [0.29, 0.717) is 10.8 Å². The van der Waals surface area contributed by atoms with Crippen LogP contribution in [0.5, 0.6) is 5.75 Å². The van der Waals surface area contributed by atoms with Crippen molar-refractivity contribution >= 4 is 27.5 Å². The van der Waals surface area contributed by atoms with Gasteiger partial charge in [0, 0.05) is 11.6 Å². The highest BCUT2D eigenvalue weighted by Gasteiger charge is 2.50. The van der Waals surface area contributed by atoms with E-state index < -0.39 is 33.5 Å². The Morgan fingerprint density at radius 1 is 1.25 bits per heavy atom. The first-order valence-corrected chi connectivity index (χ1v) is 11.9. The van der Waals surface area contributed by atoms with Crippen molar-refractivity contribution in [1.29, 1.82) is 0 Å². The van der Waals surface area contributed by atoms with E-state index >= 15 is 0 Å².